The quantitative estimate of drug-likeness (QED) is 0.695. The van der Waals surface area contributed by atoms with Gasteiger partial charge < -0.3 is 33.6 Å². The highest BCUT2D eigenvalue weighted by Gasteiger charge is 2.36. The number of aromatic carboxylic acids is 2. The molecular weight excluding hydrogens is 344 g/mol. The van der Waals surface area contributed by atoms with Crippen LogP contribution in [0.5, 0.6) is 0 Å². The number of furan rings is 1. The lowest BCUT2D eigenvalue weighted by Gasteiger charge is -2.10. The predicted molar refractivity (Wildman–Crippen MR) is 72.5 cm³/mol. The average Bonchev–Trinajstić information content (AvgIpc) is 3.21. The van der Waals surface area contributed by atoms with Gasteiger partial charge in [-0.25, -0.2) is 19.2 Å². The summed E-state index contributed by atoms with van der Waals surface area (Å²) in [6, 6.07) is 0. The normalized spacial score (nSPS) is 22.1. The number of carboxylic acids is 2. The number of carboxylic acid groups (broad SMARTS) is 2. The molecule has 134 valence electrons. The zero-order valence-electron chi connectivity index (χ0n) is 12.6. The van der Waals surface area contributed by atoms with Crippen LogP contribution in [0.1, 0.15) is 32.2 Å². The van der Waals surface area contributed by atoms with Gasteiger partial charge in [-0.3, -0.25) is 0 Å². The number of hydrogen-bond acceptors (Lipinski definition) is 9. The topological polar surface area (TPSA) is 159 Å². The van der Waals surface area contributed by atoms with Gasteiger partial charge in [0.1, 0.15) is 25.4 Å². The van der Waals surface area contributed by atoms with Gasteiger partial charge in [-0.1, -0.05) is 0 Å². The average molecular weight is 356 g/mol. The minimum Gasteiger partial charge on any atom is -0.475 e. The number of ether oxygens (including phenoxy) is 4. The molecule has 11 nitrogen and oxygen atoms in total. The Morgan fingerprint density at radius 1 is 0.840 bits per heavy atom. The molecule has 0 saturated carbocycles. The fraction of sp³-hybridized carbons (Fsp3) is 0.429. The molecule has 0 aromatic carbocycles. The molecule has 2 N–H and O–H groups in total. The highest BCUT2D eigenvalue weighted by atomic mass is 16.8. The van der Waals surface area contributed by atoms with Crippen molar-refractivity contribution >= 4 is 24.2 Å². The van der Waals surface area contributed by atoms with Gasteiger partial charge in [-0.05, 0) is 0 Å². The van der Waals surface area contributed by atoms with Crippen LogP contribution in [0.3, 0.4) is 0 Å². The van der Waals surface area contributed by atoms with Gasteiger partial charge in [-0.2, -0.15) is 0 Å². The highest BCUT2D eigenvalue weighted by Crippen LogP contribution is 2.29. The molecule has 11 heteroatoms. The molecule has 0 radical (unpaired) electrons. The van der Waals surface area contributed by atoms with E-state index in [9.17, 15) is 29.4 Å². The van der Waals surface area contributed by atoms with Crippen LogP contribution >= 0.6 is 0 Å². The number of hydrogen-bond donors (Lipinski definition) is 2. The maximum absolute atomic E-state index is 11.4. The molecule has 2 atom stereocenters. The van der Waals surface area contributed by atoms with E-state index in [0.29, 0.717) is 0 Å². The van der Waals surface area contributed by atoms with Crippen LogP contribution in [0, 0.1) is 0 Å². The predicted octanol–water partition coefficient (Wildman–Crippen LogP) is 0.832. The molecule has 2 saturated heterocycles. The lowest BCUT2D eigenvalue weighted by Crippen LogP contribution is -2.20. The standard InChI is InChI=1S/C14H12O11/c15-11(16)9-7(1-5-3-21-13(19)23-5)8(10(25-9)12(17)18)2-6-4-22-14(20)24-6/h5-6H,1-4H2,(H,15,16)(H,17,18). The Hall–Kier alpha value is -3.24. The maximum atomic E-state index is 11.4. The van der Waals surface area contributed by atoms with Crippen molar-refractivity contribution in [3.8, 4) is 0 Å². The van der Waals surface area contributed by atoms with Crippen molar-refractivity contribution in [3.63, 3.8) is 0 Å². The molecule has 25 heavy (non-hydrogen) atoms. The van der Waals surface area contributed by atoms with E-state index >= 15 is 0 Å². The molecule has 3 rings (SSSR count). The first kappa shape index (κ1) is 16.6. The summed E-state index contributed by atoms with van der Waals surface area (Å²) in [6.45, 7) is -0.209. The van der Waals surface area contributed by atoms with E-state index in [1.54, 1.807) is 0 Å². The first-order chi connectivity index (χ1) is 11.8. The minimum absolute atomic E-state index is 0.0381. The van der Waals surface area contributed by atoms with Crippen LogP contribution in [-0.4, -0.2) is 59.9 Å². The molecular formula is C14H12O11. The summed E-state index contributed by atoms with van der Waals surface area (Å²) in [4.78, 5) is 44.8. The van der Waals surface area contributed by atoms with Crippen LogP contribution in [-0.2, 0) is 31.8 Å². The first-order valence-electron chi connectivity index (χ1n) is 7.13. The second kappa shape index (κ2) is 6.34. The Balaban J connectivity index is 1.96. The van der Waals surface area contributed by atoms with Crippen molar-refractivity contribution in [2.45, 2.75) is 25.0 Å². The van der Waals surface area contributed by atoms with Crippen LogP contribution in [0.25, 0.3) is 0 Å². The van der Waals surface area contributed by atoms with E-state index in [1.165, 1.54) is 0 Å². The summed E-state index contributed by atoms with van der Waals surface area (Å²) in [5, 5.41) is 18.6. The SMILES string of the molecule is O=C1OCC(Cc2c(C(=O)O)oc(C(=O)O)c2CC2COC(=O)O2)O1. The summed E-state index contributed by atoms with van der Waals surface area (Å²) in [5.41, 5.74) is 0.0762. The zero-order chi connectivity index (χ0) is 18.1. The van der Waals surface area contributed by atoms with E-state index in [0.717, 1.165) is 0 Å². The smallest absolute Gasteiger partial charge is 0.475 e. The van der Waals surface area contributed by atoms with Crippen LogP contribution in [0.2, 0.25) is 0 Å². The fourth-order valence-electron chi connectivity index (χ4n) is 2.66. The Kier molecular flexibility index (Phi) is 4.21. The largest absolute Gasteiger partial charge is 0.508 e. The second-order valence-corrected chi connectivity index (χ2v) is 5.34. The van der Waals surface area contributed by atoms with Gasteiger partial charge >= 0.3 is 24.2 Å². The van der Waals surface area contributed by atoms with E-state index in [1.807, 2.05) is 0 Å². The Morgan fingerprint density at radius 3 is 1.52 bits per heavy atom. The highest BCUT2D eigenvalue weighted by molar-refractivity contribution is 5.92. The number of rotatable bonds is 6. The maximum Gasteiger partial charge on any atom is 0.508 e. The Bertz CT molecular complexity index is 686. The lowest BCUT2D eigenvalue weighted by molar-refractivity contribution is 0.0629. The number of carbonyl (C=O) groups excluding carboxylic acids is 2. The Morgan fingerprint density at radius 2 is 1.24 bits per heavy atom. The molecule has 2 aliphatic rings. The van der Waals surface area contributed by atoms with E-state index in [4.69, 9.17) is 13.9 Å². The third kappa shape index (κ3) is 3.34. The molecule has 0 aliphatic carbocycles. The summed E-state index contributed by atoms with van der Waals surface area (Å²) in [5.74, 6) is -4.12. The van der Waals surface area contributed by atoms with E-state index < -0.39 is 48.0 Å². The van der Waals surface area contributed by atoms with E-state index in [-0.39, 0.29) is 37.2 Å². The van der Waals surface area contributed by atoms with Crippen molar-refractivity contribution in [3.05, 3.63) is 22.6 Å². The molecule has 1 aromatic rings. The van der Waals surface area contributed by atoms with Crippen molar-refractivity contribution in [2.75, 3.05) is 13.2 Å². The van der Waals surface area contributed by atoms with Gasteiger partial charge in [-0.15, -0.1) is 0 Å². The van der Waals surface area contributed by atoms with Gasteiger partial charge in [0, 0.05) is 24.0 Å². The van der Waals surface area contributed by atoms with Gasteiger partial charge in [0.15, 0.2) is 0 Å². The van der Waals surface area contributed by atoms with Gasteiger partial charge in [0.2, 0.25) is 11.5 Å². The van der Waals surface area contributed by atoms with Crippen molar-refractivity contribution < 1.29 is 52.8 Å². The summed E-state index contributed by atoms with van der Waals surface area (Å²) < 4.78 is 24.0. The molecule has 1 aromatic heterocycles. The Labute approximate surface area is 139 Å². The lowest BCUT2D eigenvalue weighted by atomic mass is 9.97. The first-order valence-corrected chi connectivity index (χ1v) is 7.13. The molecule has 2 fully saturated rings. The molecule has 0 spiro atoms. The summed E-state index contributed by atoms with van der Waals surface area (Å²) in [7, 11) is 0. The molecule has 2 unspecified atom stereocenters. The molecule has 0 amide bonds. The van der Waals surface area contributed by atoms with Crippen molar-refractivity contribution in [1.82, 2.24) is 0 Å². The van der Waals surface area contributed by atoms with Gasteiger partial charge in [0.25, 0.3) is 0 Å². The van der Waals surface area contributed by atoms with Gasteiger partial charge in [0.05, 0.1) is 0 Å². The van der Waals surface area contributed by atoms with Crippen LogP contribution in [0.4, 0.5) is 9.59 Å². The van der Waals surface area contributed by atoms with Crippen LogP contribution < -0.4 is 0 Å². The number of cyclic esters (lactones) is 4. The van der Waals surface area contributed by atoms with Crippen molar-refractivity contribution in [2.24, 2.45) is 0 Å². The third-order valence-electron chi connectivity index (χ3n) is 3.67. The third-order valence-corrected chi connectivity index (χ3v) is 3.67. The second-order valence-electron chi connectivity index (χ2n) is 5.34. The van der Waals surface area contributed by atoms with Crippen molar-refractivity contribution in [1.29, 1.82) is 0 Å². The molecule has 0 bridgehead atoms. The molecule has 2 aliphatic heterocycles. The van der Waals surface area contributed by atoms with Crippen LogP contribution in [0.15, 0.2) is 4.42 Å². The zero-order valence-corrected chi connectivity index (χ0v) is 12.6. The minimum atomic E-state index is -1.48. The number of carbonyl (C=O) groups is 4. The molecule has 3 heterocycles. The fourth-order valence-corrected chi connectivity index (χ4v) is 2.66. The summed E-state index contributed by atoms with van der Waals surface area (Å²) >= 11 is 0. The summed E-state index contributed by atoms with van der Waals surface area (Å²) in [6.07, 6.45) is -3.62. The monoisotopic (exact) mass is 356 g/mol. The van der Waals surface area contributed by atoms with E-state index in [2.05, 4.69) is 9.47 Å².